The van der Waals surface area contributed by atoms with E-state index in [1.54, 1.807) is 0 Å². The van der Waals surface area contributed by atoms with E-state index in [1.807, 2.05) is 0 Å². The number of carboxylic acids is 1. The summed E-state index contributed by atoms with van der Waals surface area (Å²) in [4.78, 5) is 10.4. The van der Waals surface area contributed by atoms with E-state index < -0.39 is 5.97 Å². The van der Waals surface area contributed by atoms with Crippen LogP contribution in [0, 0.1) is 11.8 Å². The second-order valence-electron chi connectivity index (χ2n) is 7.34. The van der Waals surface area contributed by atoms with Gasteiger partial charge in [0.25, 0.3) is 0 Å². The first-order valence-corrected chi connectivity index (χ1v) is 9.78. The molecular weight excluding hydrogens is 272 g/mol. The Morgan fingerprint density at radius 1 is 0.727 bits per heavy atom. The van der Waals surface area contributed by atoms with Gasteiger partial charge in [-0.2, -0.15) is 0 Å². The second kappa shape index (κ2) is 15.4. The number of hydrogen-bond donors (Lipinski definition) is 1. The molecule has 0 aliphatic heterocycles. The molecule has 132 valence electrons. The monoisotopic (exact) mass is 312 g/mol. The zero-order chi connectivity index (χ0) is 16.6. The lowest BCUT2D eigenvalue weighted by atomic mass is 9.91. The van der Waals surface area contributed by atoms with Gasteiger partial charge in [0.1, 0.15) is 0 Å². The number of rotatable bonds is 16. The van der Waals surface area contributed by atoms with Crippen molar-refractivity contribution in [1.29, 1.82) is 0 Å². The van der Waals surface area contributed by atoms with Gasteiger partial charge in [-0.15, -0.1) is 0 Å². The molecule has 1 N–H and O–H groups in total. The molecule has 0 spiro atoms. The highest BCUT2D eigenvalue weighted by Crippen LogP contribution is 2.21. The maximum atomic E-state index is 10.4. The minimum Gasteiger partial charge on any atom is -0.481 e. The molecule has 0 aromatic carbocycles. The van der Waals surface area contributed by atoms with Gasteiger partial charge >= 0.3 is 5.97 Å². The molecule has 22 heavy (non-hydrogen) atoms. The second-order valence-corrected chi connectivity index (χ2v) is 7.34. The summed E-state index contributed by atoms with van der Waals surface area (Å²) in [5, 5.41) is 8.57. The van der Waals surface area contributed by atoms with Crippen LogP contribution in [0.5, 0.6) is 0 Å². The molecule has 2 nitrogen and oxygen atoms in total. The van der Waals surface area contributed by atoms with Crippen LogP contribution in [0.2, 0.25) is 0 Å². The van der Waals surface area contributed by atoms with Gasteiger partial charge in [0.2, 0.25) is 0 Å². The van der Waals surface area contributed by atoms with Crippen LogP contribution in [0.15, 0.2) is 0 Å². The summed E-state index contributed by atoms with van der Waals surface area (Å²) in [5.74, 6) is 1.13. The maximum Gasteiger partial charge on any atom is 0.303 e. The third kappa shape index (κ3) is 15.9. The smallest absolute Gasteiger partial charge is 0.303 e. The molecule has 0 amide bonds. The van der Waals surface area contributed by atoms with Gasteiger partial charge in [-0.3, -0.25) is 4.79 Å². The number of hydrogen-bond acceptors (Lipinski definition) is 1. The first kappa shape index (κ1) is 21.5. The Labute approximate surface area is 139 Å². The minimum absolute atomic E-state index is 0.341. The molecule has 2 unspecified atom stereocenters. The molecule has 2 heteroatoms. The molecule has 0 fully saturated rings. The predicted octanol–water partition coefficient (Wildman–Crippen LogP) is 6.82. The standard InChI is InChI=1S/C20H40O2/c1-4-5-10-13-18(2)16-17-19(3)14-11-8-6-7-9-12-15-20(21)22/h18-19H,4-17H2,1-3H3,(H,21,22). The van der Waals surface area contributed by atoms with Crippen LogP contribution < -0.4 is 0 Å². The Hall–Kier alpha value is -0.530. The number of carbonyl (C=O) groups is 1. The first-order chi connectivity index (χ1) is 10.6. The molecule has 0 aliphatic carbocycles. The molecular formula is C20H40O2. The Morgan fingerprint density at radius 3 is 1.68 bits per heavy atom. The summed E-state index contributed by atoms with van der Waals surface area (Å²) in [7, 11) is 0. The zero-order valence-corrected chi connectivity index (χ0v) is 15.4. The summed E-state index contributed by atoms with van der Waals surface area (Å²) >= 11 is 0. The van der Waals surface area contributed by atoms with Gasteiger partial charge in [0, 0.05) is 6.42 Å². The summed E-state index contributed by atoms with van der Waals surface area (Å²) in [5.41, 5.74) is 0. The van der Waals surface area contributed by atoms with Crippen LogP contribution in [-0.4, -0.2) is 11.1 Å². The van der Waals surface area contributed by atoms with Gasteiger partial charge in [-0.25, -0.2) is 0 Å². The third-order valence-electron chi connectivity index (χ3n) is 4.79. The van der Waals surface area contributed by atoms with Crippen LogP contribution in [0.3, 0.4) is 0 Å². The van der Waals surface area contributed by atoms with Gasteiger partial charge < -0.3 is 5.11 Å². The molecule has 0 aliphatic rings. The molecule has 0 saturated heterocycles. The number of unbranched alkanes of at least 4 members (excludes halogenated alkanes) is 7. The Kier molecular flexibility index (Phi) is 15.0. The quantitative estimate of drug-likeness (QED) is 0.317. The van der Waals surface area contributed by atoms with Crippen molar-refractivity contribution >= 4 is 5.97 Å². The largest absolute Gasteiger partial charge is 0.481 e. The average Bonchev–Trinajstić information content (AvgIpc) is 2.47. The third-order valence-corrected chi connectivity index (χ3v) is 4.79. The van der Waals surface area contributed by atoms with Crippen LogP contribution in [0.1, 0.15) is 111 Å². The highest BCUT2D eigenvalue weighted by molar-refractivity contribution is 5.66. The van der Waals surface area contributed by atoms with E-state index >= 15 is 0 Å². The Bertz CT molecular complexity index is 250. The van der Waals surface area contributed by atoms with Gasteiger partial charge in [-0.1, -0.05) is 97.8 Å². The van der Waals surface area contributed by atoms with Crippen LogP contribution in [0.25, 0.3) is 0 Å². The van der Waals surface area contributed by atoms with E-state index in [1.165, 1.54) is 70.6 Å². The van der Waals surface area contributed by atoms with Crippen molar-refractivity contribution < 1.29 is 9.90 Å². The van der Waals surface area contributed by atoms with Crippen molar-refractivity contribution in [2.45, 2.75) is 111 Å². The van der Waals surface area contributed by atoms with Crippen molar-refractivity contribution in [2.24, 2.45) is 11.8 Å². The van der Waals surface area contributed by atoms with Crippen LogP contribution >= 0.6 is 0 Å². The fourth-order valence-electron chi connectivity index (χ4n) is 3.08. The molecule has 0 aromatic rings. The SMILES string of the molecule is CCCCCC(C)CCC(C)CCCCCCCCC(=O)O. The van der Waals surface area contributed by atoms with Gasteiger partial charge in [0.15, 0.2) is 0 Å². The van der Waals surface area contributed by atoms with Crippen molar-refractivity contribution in [3.63, 3.8) is 0 Å². The van der Waals surface area contributed by atoms with E-state index in [0.717, 1.165) is 24.7 Å². The van der Waals surface area contributed by atoms with Crippen molar-refractivity contribution in [1.82, 2.24) is 0 Å². The summed E-state index contributed by atoms with van der Waals surface area (Å²) in [6, 6.07) is 0. The van der Waals surface area contributed by atoms with Crippen molar-refractivity contribution in [3.8, 4) is 0 Å². The van der Waals surface area contributed by atoms with E-state index in [9.17, 15) is 4.79 Å². The summed E-state index contributed by atoms with van der Waals surface area (Å²) in [6.45, 7) is 7.10. The van der Waals surface area contributed by atoms with Crippen LogP contribution in [0.4, 0.5) is 0 Å². The summed E-state index contributed by atoms with van der Waals surface area (Å²) in [6.07, 6.45) is 17.1. The molecule has 0 bridgehead atoms. The molecule has 2 atom stereocenters. The minimum atomic E-state index is -0.655. The predicted molar refractivity (Wildman–Crippen MR) is 96.3 cm³/mol. The molecule has 0 heterocycles. The van der Waals surface area contributed by atoms with E-state index in [4.69, 9.17) is 5.11 Å². The van der Waals surface area contributed by atoms with Crippen molar-refractivity contribution in [3.05, 3.63) is 0 Å². The Morgan fingerprint density at radius 2 is 1.18 bits per heavy atom. The lowest BCUT2D eigenvalue weighted by Gasteiger charge is -2.15. The van der Waals surface area contributed by atoms with Gasteiger partial charge in [0.05, 0.1) is 0 Å². The van der Waals surface area contributed by atoms with E-state index in [-0.39, 0.29) is 0 Å². The topological polar surface area (TPSA) is 37.3 Å². The van der Waals surface area contributed by atoms with Crippen LogP contribution in [-0.2, 0) is 4.79 Å². The molecule has 0 saturated carbocycles. The fraction of sp³-hybridized carbons (Fsp3) is 0.950. The summed E-state index contributed by atoms with van der Waals surface area (Å²) < 4.78 is 0. The number of carboxylic acid groups (broad SMARTS) is 1. The lowest BCUT2D eigenvalue weighted by Crippen LogP contribution is -2.01. The lowest BCUT2D eigenvalue weighted by molar-refractivity contribution is -0.137. The zero-order valence-electron chi connectivity index (χ0n) is 15.4. The van der Waals surface area contributed by atoms with E-state index in [0.29, 0.717) is 6.42 Å². The Balaban J connectivity index is 3.31. The molecule has 0 aromatic heterocycles. The maximum absolute atomic E-state index is 10.4. The average molecular weight is 313 g/mol. The highest BCUT2D eigenvalue weighted by atomic mass is 16.4. The first-order valence-electron chi connectivity index (χ1n) is 9.78. The highest BCUT2D eigenvalue weighted by Gasteiger charge is 2.06. The van der Waals surface area contributed by atoms with Crippen molar-refractivity contribution in [2.75, 3.05) is 0 Å². The fourth-order valence-corrected chi connectivity index (χ4v) is 3.08. The van der Waals surface area contributed by atoms with Gasteiger partial charge in [-0.05, 0) is 18.3 Å². The number of aliphatic carboxylic acids is 1. The van der Waals surface area contributed by atoms with E-state index in [2.05, 4.69) is 20.8 Å². The molecule has 0 rings (SSSR count). The molecule has 0 radical (unpaired) electrons. The normalized spacial score (nSPS) is 14.0.